The highest BCUT2D eigenvalue weighted by molar-refractivity contribution is 5.02. The molecular formula is C13H20O3. The molecule has 0 heterocycles. The lowest BCUT2D eigenvalue weighted by Crippen LogP contribution is -2.33. The van der Waals surface area contributed by atoms with Crippen LogP contribution in [0.4, 0.5) is 0 Å². The second-order valence-electron chi connectivity index (χ2n) is 4.40. The van der Waals surface area contributed by atoms with Gasteiger partial charge in [-0.15, -0.1) is 0 Å². The van der Waals surface area contributed by atoms with E-state index in [2.05, 4.69) is 12.2 Å². The minimum absolute atomic E-state index is 0.966. The van der Waals surface area contributed by atoms with Gasteiger partial charge in [-0.3, -0.25) is 0 Å². The van der Waals surface area contributed by atoms with Crippen molar-refractivity contribution in [3.8, 4) is 0 Å². The van der Waals surface area contributed by atoms with Gasteiger partial charge < -0.3 is 14.2 Å². The van der Waals surface area contributed by atoms with E-state index >= 15 is 0 Å². The minimum atomic E-state index is -0.966. The molecule has 90 valence electrons. The maximum absolute atomic E-state index is 5.79. The number of rotatable bonds is 5. The van der Waals surface area contributed by atoms with Crippen LogP contribution < -0.4 is 0 Å². The minimum Gasteiger partial charge on any atom is -0.435 e. The molecule has 2 aliphatic carbocycles. The van der Waals surface area contributed by atoms with Gasteiger partial charge in [-0.1, -0.05) is 0 Å². The van der Waals surface area contributed by atoms with E-state index in [1.165, 1.54) is 0 Å². The van der Waals surface area contributed by atoms with Crippen LogP contribution in [-0.4, -0.2) is 13.1 Å². The molecule has 0 spiro atoms. The van der Waals surface area contributed by atoms with E-state index in [0.717, 1.165) is 50.0 Å². The zero-order valence-corrected chi connectivity index (χ0v) is 10.1. The Morgan fingerprint density at radius 3 is 1.81 bits per heavy atom. The molecule has 0 aliphatic heterocycles. The predicted octanol–water partition coefficient (Wildman–Crippen LogP) is 3.48. The first kappa shape index (κ1) is 11.5. The van der Waals surface area contributed by atoms with Gasteiger partial charge in [0, 0.05) is 26.9 Å². The smallest absolute Gasteiger partial charge is 0.367 e. The van der Waals surface area contributed by atoms with Crippen molar-refractivity contribution in [2.75, 3.05) is 7.11 Å². The van der Waals surface area contributed by atoms with Crippen molar-refractivity contribution in [2.24, 2.45) is 0 Å². The lowest BCUT2D eigenvalue weighted by molar-refractivity contribution is -0.330. The van der Waals surface area contributed by atoms with Crippen molar-refractivity contribution in [2.45, 2.75) is 51.4 Å². The van der Waals surface area contributed by atoms with Crippen LogP contribution in [0.15, 0.2) is 23.7 Å². The highest BCUT2D eigenvalue weighted by Crippen LogP contribution is 2.30. The van der Waals surface area contributed by atoms with Gasteiger partial charge in [0.15, 0.2) is 0 Å². The molecule has 0 fully saturated rings. The van der Waals surface area contributed by atoms with E-state index in [-0.39, 0.29) is 0 Å². The fourth-order valence-electron chi connectivity index (χ4n) is 2.05. The monoisotopic (exact) mass is 224 g/mol. The molecule has 3 nitrogen and oxygen atoms in total. The molecule has 0 aromatic carbocycles. The number of hydrogen-bond acceptors (Lipinski definition) is 3. The fraction of sp³-hybridized carbons (Fsp3) is 0.692. The number of methoxy groups -OCH3 is 1. The summed E-state index contributed by atoms with van der Waals surface area (Å²) in [7, 11) is 1.62. The topological polar surface area (TPSA) is 27.7 Å². The van der Waals surface area contributed by atoms with E-state index in [0.29, 0.717) is 0 Å². The van der Waals surface area contributed by atoms with Crippen molar-refractivity contribution >= 4 is 0 Å². The van der Waals surface area contributed by atoms with E-state index in [1.54, 1.807) is 7.11 Å². The summed E-state index contributed by atoms with van der Waals surface area (Å²) in [5, 5.41) is 0. The Labute approximate surface area is 97.1 Å². The quantitative estimate of drug-likeness (QED) is 0.669. The molecule has 0 amide bonds. The van der Waals surface area contributed by atoms with Gasteiger partial charge in [0.25, 0.3) is 0 Å². The molecule has 2 rings (SSSR count). The summed E-state index contributed by atoms with van der Waals surface area (Å²) < 4.78 is 16.9. The molecular weight excluding hydrogens is 204 g/mol. The average Bonchev–Trinajstić information content (AvgIpc) is 2.91. The normalized spacial score (nSPS) is 20.6. The van der Waals surface area contributed by atoms with E-state index in [1.807, 2.05) is 6.92 Å². The summed E-state index contributed by atoms with van der Waals surface area (Å²) in [4.78, 5) is 0. The maximum atomic E-state index is 5.79. The second kappa shape index (κ2) is 4.91. The molecule has 0 bridgehead atoms. The second-order valence-corrected chi connectivity index (χ2v) is 4.40. The molecule has 0 atom stereocenters. The van der Waals surface area contributed by atoms with Gasteiger partial charge in [-0.2, -0.15) is 0 Å². The first-order valence-corrected chi connectivity index (χ1v) is 6.03. The molecule has 0 aromatic heterocycles. The van der Waals surface area contributed by atoms with E-state index in [4.69, 9.17) is 14.2 Å². The van der Waals surface area contributed by atoms with Gasteiger partial charge in [0.2, 0.25) is 0 Å². The van der Waals surface area contributed by atoms with Crippen LogP contribution in [0.1, 0.15) is 45.4 Å². The molecule has 16 heavy (non-hydrogen) atoms. The zero-order chi connectivity index (χ0) is 11.4. The lowest BCUT2D eigenvalue weighted by Gasteiger charge is -2.30. The first-order valence-electron chi connectivity index (χ1n) is 6.03. The Kier molecular flexibility index (Phi) is 3.54. The summed E-state index contributed by atoms with van der Waals surface area (Å²) in [6.45, 7) is 1.82. The Morgan fingerprint density at radius 2 is 1.50 bits per heavy atom. The molecule has 2 aliphatic rings. The largest absolute Gasteiger partial charge is 0.435 e. The van der Waals surface area contributed by atoms with Crippen molar-refractivity contribution in [1.29, 1.82) is 0 Å². The van der Waals surface area contributed by atoms with Crippen LogP contribution in [-0.2, 0) is 14.2 Å². The molecule has 3 heteroatoms. The molecule has 0 radical (unpaired) electrons. The highest BCUT2D eigenvalue weighted by Gasteiger charge is 2.31. The fourth-order valence-corrected chi connectivity index (χ4v) is 2.05. The molecule has 0 aromatic rings. The lowest BCUT2D eigenvalue weighted by atomic mass is 10.3. The average molecular weight is 224 g/mol. The third-order valence-electron chi connectivity index (χ3n) is 3.00. The standard InChI is InChI=1S/C13H20O3/c1-13(14-2,15-11-7-3-4-8-11)16-12-9-5-6-10-12/h7,9H,3-6,8,10H2,1-2H3. The summed E-state index contributed by atoms with van der Waals surface area (Å²) in [6, 6.07) is 0. The van der Waals surface area contributed by atoms with Crippen LogP contribution in [0.5, 0.6) is 0 Å². The summed E-state index contributed by atoms with van der Waals surface area (Å²) in [5.74, 6) is 1.01. The van der Waals surface area contributed by atoms with Gasteiger partial charge in [-0.25, -0.2) is 0 Å². The van der Waals surface area contributed by atoms with Crippen molar-refractivity contribution < 1.29 is 14.2 Å². The predicted molar refractivity (Wildman–Crippen MR) is 61.5 cm³/mol. The SMILES string of the molecule is COC(C)(OC1=CCCC1)OC1=CCCC1. The van der Waals surface area contributed by atoms with Crippen LogP contribution in [0.25, 0.3) is 0 Å². The van der Waals surface area contributed by atoms with Gasteiger partial charge in [0.05, 0.1) is 11.5 Å². The maximum Gasteiger partial charge on any atom is 0.367 e. The first-order chi connectivity index (χ1) is 7.72. The van der Waals surface area contributed by atoms with Crippen molar-refractivity contribution in [3.63, 3.8) is 0 Å². The van der Waals surface area contributed by atoms with Crippen molar-refractivity contribution in [3.05, 3.63) is 23.7 Å². The zero-order valence-electron chi connectivity index (χ0n) is 10.1. The summed E-state index contributed by atoms with van der Waals surface area (Å²) in [5.41, 5.74) is 0. The Morgan fingerprint density at radius 1 is 1.00 bits per heavy atom. The van der Waals surface area contributed by atoms with E-state index in [9.17, 15) is 0 Å². The van der Waals surface area contributed by atoms with Crippen LogP contribution >= 0.6 is 0 Å². The van der Waals surface area contributed by atoms with Crippen LogP contribution in [0.3, 0.4) is 0 Å². The summed E-state index contributed by atoms with van der Waals surface area (Å²) >= 11 is 0. The molecule has 0 unspecified atom stereocenters. The molecule has 0 saturated heterocycles. The Balaban J connectivity index is 1.94. The number of ether oxygens (including phenoxy) is 3. The third-order valence-corrected chi connectivity index (χ3v) is 3.00. The van der Waals surface area contributed by atoms with Gasteiger partial charge in [0.1, 0.15) is 0 Å². The Bertz CT molecular complexity index is 278. The summed E-state index contributed by atoms with van der Waals surface area (Å²) in [6.07, 6.45) is 10.7. The van der Waals surface area contributed by atoms with Gasteiger partial charge in [-0.05, 0) is 37.8 Å². The van der Waals surface area contributed by atoms with Crippen LogP contribution in [0.2, 0.25) is 0 Å². The molecule has 0 saturated carbocycles. The Hall–Kier alpha value is -0.960. The number of hydrogen-bond donors (Lipinski definition) is 0. The third kappa shape index (κ3) is 2.79. The van der Waals surface area contributed by atoms with Crippen LogP contribution in [0, 0.1) is 0 Å². The highest BCUT2D eigenvalue weighted by atomic mass is 16.9. The van der Waals surface area contributed by atoms with Crippen molar-refractivity contribution in [1.82, 2.24) is 0 Å². The van der Waals surface area contributed by atoms with E-state index < -0.39 is 5.97 Å². The molecule has 0 N–H and O–H groups in total. The van der Waals surface area contributed by atoms with Gasteiger partial charge >= 0.3 is 5.97 Å². The number of allylic oxidation sites excluding steroid dienone is 4.